The Morgan fingerprint density at radius 1 is 1.03 bits per heavy atom. The van der Waals surface area contributed by atoms with Gasteiger partial charge in [0.05, 0.1) is 16.3 Å². The molecule has 2 aliphatic heterocycles. The Labute approximate surface area is 181 Å². The standard InChI is InChI=1S/C22H24N4OS.ClH/c27-22(25-10-8-16-14-23-15-17(16)9-11-25)19-13-20(21-7-4-12-28-21)26(24-19)18-5-2-1-3-6-18;/h1-7,12-13,16-17,23H,8-11,14-15H2;1H/t16-,17+;. The molecule has 0 saturated carbocycles. The number of hydrogen-bond donors (Lipinski definition) is 1. The molecule has 2 aliphatic rings. The van der Waals surface area contributed by atoms with E-state index in [4.69, 9.17) is 5.10 Å². The molecule has 1 amide bonds. The molecule has 2 fully saturated rings. The van der Waals surface area contributed by atoms with E-state index < -0.39 is 0 Å². The number of benzene rings is 1. The van der Waals surface area contributed by atoms with Crippen LogP contribution in [0, 0.1) is 11.8 Å². The van der Waals surface area contributed by atoms with Gasteiger partial charge in [-0.3, -0.25) is 4.79 Å². The van der Waals surface area contributed by atoms with Crippen LogP contribution in [0.5, 0.6) is 0 Å². The van der Waals surface area contributed by atoms with E-state index in [9.17, 15) is 4.79 Å². The largest absolute Gasteiger partial charge is 0.337 e. The molecule has 0 radical (unpaired) electrons. The molecular formula is C22H25ClN4OS. The van der Waals surface area contributed by atoms with Crippen LogP contribution in [-0.2, 0) is 0 Å². The van der Waals surface area contributed by atoms with E-state index in [1.807, 2.05) is 52.0 Å². The van der Waals surface area contributed by atoms with E-state index in [0.717, 1.165) is 55.3 Å². The molecule has 152 valence electrons. The number of likely N-dealkylation sites (tertiary alicyclic amines) is 1. The lowest BCUT2D eigenvalue weighted by Gasteiger charge is -2.19. The number of carbonyl (C=O) groups is 1. The van der Waals surface area contributed by atoms with Crippen molar-refractivity contribution in [2.75, 3.05) is 26.2 Å². The minimum absolute atomic E-state index is 0. The fourth-order valence-corrected chi connectivity index (χ4v) is 5.16. The molecule has 0 spiro atoms. The Morgan fingerprint density at radius 2 is 1.76 bits per heavy atom. The van der Waals surface area contributed by atoms with E-state index in [-0.39, 0.29) is 18.3 Å². The van der Waals surface area contributed by atoms with Gasteiger partial charge in [-0.15, -0.1) is 23.7 Å². The van der Waals surface area contributed by atoms with Crippen LogP contribution >= 0.6 is 23.7 Å². The molecule has 2 aromatic heterocycles. The highest BCUT2D eigenvalue weighted by molar-refractivity contribution is 7.13. The summed E-state index contributed by atoms with van der Waals surface area (Å²) in [5.41, 5.74) is 2.49. The first kappa shape index (κ1) is 20.1. The Bertz CT molecular complexity index is 943. The Balaban J connectivity index is 0.00000205. The van der Waals surface area contributed by atoms with Crippen molar-refractivity contribution in [1.29, 1.82) is 0 Å². The van der Waals surface area contributed by atoms with Crippen LogP contribution in [-0.4, -0.2) is 46.8 Å². The summed E-state index contributed by atoms with van der Waals surface area (Å²) in [6.45, 7) is 3.85. The highest BCUT2D eigenvalue weighted by atomic mass is 35.5. The Kier molecular flexibility index (Phi) is 6.04. The zero-order valence-electron chi connectivity index (χ0n) is 16.2. The molecule has 0 aliphatic carbocycles. The van der Waals surface area contributed by atoms with Gasteiger partial charge in [-0.1, -0.05) is 24.3 Å². The molecular weight excluding hydrogens is 404 g/mol. The lowest BCUT2D eigenvalue weighted by molar-refractivity contribution is 0.0752. The highest BCUT2D eigenvalue weighted by Crippen LogP contribution is 2.30. The number of amides is 1. The van der Waals surface area contributed by atoms with Gasteiger partial charge in [0.1, 0.15) is 0 Å². The molecule has 7 heteroatoms. The number of halogens is 1. The fraction of sp³-hybridized carbons (Fsp3) is 0.364. The minimum Gasteiger partial charge on any atom is -0.337 e. The van der Waals surface area contributed by atoms with Crippen LogP contribution in [0.4, 0.5) is 0 Å². The van der Waals surface area contributed by atoms with Gasteiger partial charge in [-0.2, -0.15) is 5.10 Å². The van der Waals surface area contributed by atoms with Crippen molar-refractivity contribution in [3.05, 3.63) is 59.6 Å². The molecule has 5 nitrogen and oxygen atoms in total. The molecule has 1 aromatic carbocycles. The van der Waals surface area contributed by atoms with E-state index in [0.29, 0.717) is 17.5 Å². The van der Waals surface area contributed by atoms with Crippen molar-refractivity contribution in [2.24, 2.45) is 11.8 Å². The van der Waals surface area contributed by atoms with E-state index >= 15 is 0 Å². The third-order valence-corrected chi connectivity index (χ3v) is 6.90. The molecule has 2 saturated heterocycles. The average Bonchev–Trinajstić information content (AvgIpc) is 3.47. The maximum absolute atomic E-state index is 13.3. The first-order valence-corrected chi connectivity index (χ1v) is 10.9. The van der Waals surface area contributed by atoms with Crippen molar-refractivity contribution in [2.45, 2.75) is 12.8 Å². The predicted octanol–water partition coefficient (Wildman–Crippen LogP) is 4.09. The average molecular weight is 429 g/mol. The molecule has 3 aromatic rings. The Hall–Kier alpha value is -2.15. The molecule has 5 rings (SSSR count). The third-order valence-electron chi connectivity index (χ3n) is 6.01. The monoisotopic (exact) mass is 428 g/mol. The number of thiophene rings is 1. The fourth-order valence-electron chi connectivity index (χ4n) is 4.43. The number of nitrogens with zero attached hydrogens (tertiary/aromatic N) is 3. The lowest BCUT2D eigenvalue weighted by Crippen LogP contribution is -2.33. The van der Waals surface area contributed by atoms with E-state index in [1.165, 1.54) is 0 Å². The second kappa shape index (κ2) is 8.69. The van der Waals surface area contributed by atoms with Crippen molar-refractivity contribution >= 4 is 29.7 Å². The quantitative estimate of drug-likeness (QED) is 0.683. The van der Waals surface area contributed by atoms with Gasteiger partial charge in [0, 0.05) is 13.1 Å². The molecule has 29 heavy (non-hydrogen) atoms. The van der Waals surface area contributed by atoms with Crippen LogP contribution in [0.2, 0.25) is 0 Å². The second-order valence-electron chi connectivity index (χ2n) is 7.69. The molecule has 2 atom stereocenters. The van der Waals surface area contributed by atoms with Crippen LogP contribution in [0.3, 0.4) is 0 Å². The highest BCUT2D eigenvalue weighted by Gasteiger charge is 2.32. The number of aromatic nitrogens is 2. The van der Waals surface area contributed by atoms with Gasteiger partial charge < -0.3 is 10.2 Å². The summed E-state index contributed by atoms with van der Waals surface area (Å²) in [6.07, 6.45) is 2.17. The number of rotatable bonds is 3. The van der Waals surface area contributed by atoms with Crippen LogP contribution < -0.4 is 5.32 Å². The number of para-hydroxylation sites is 1. The van der Waals surface area contributed by atoms with Gasteiger partial charge in [0.15, 0.2) is 5.69 Å². The van der Waals surface area contributed by atoms with E-state index in [2.05, 4.69) is 16.8 Å². The summed E-state index contributed by atoms with van der Waals surface area (Å²) >= 11 is 1.67. The summed E-state index contributed by atoms with van der Waals surface area (Å²) in [4.78, 5) is 16.4. The molecule has 0 unspecified atom stereocenters. The molecule has 1 N–H and O–H groups in total. The summed E-state index contributed by atoms with van der Waals surface area (Å²) in [5, 5.41) is 10.3. The summed E-state index contributed by atoms with van der Waals surface area (Å²) in [7, 11) is 0. The molecule has 0 bridgehead atoms. The van der Waals surface area contributed by atoms with Gasteiger partial charge >= 0.3 is 0 Å². The third kappa shape index (κ3) is 3.97. The lowest BCUT2D eigenvalue weighted by atomic mass is 9.92. The first-order valence-electron chi connectivity index (χ1n) is 9.99. The zero-order chi connectivity index (χ0) is 18.9. The van der Waals surface area contributed by atoms with Crippen LogP contribution in [0.25, 0.3) is 16.3 Å². The number of nitrogens with one attached hydrogen (secondary N) is 1. The van der Waals surface area contributed by atoms with Crippen molar-refractivity contribution < 1.29 is 4.79 Å². The second-order valence-corrected chi connectivity index (χ2v) is 8.64. The van der Waals surface area contributed by atoms with E-state index in [1.54, 1.807) is 11.3 Å². The maximum atomic E-state index is 13.3. The van der Waals surface area contributed by atoms with Crippen LogP contribution in [0.15, 0.2) is 53.9 Å². The van der Waals surface area contributed by atoms with Crippen molar-refractivity contribution in [3.63, 3.8) is 0 Å². The van der Waals surface area contributed by atoms with Gasteiger partial charge in [-0.25, -0.2) is 4.68 Å². The van der Waals surface area contributed by atoms with Crippen molar-refractivity contribution in [1.82, 2.24) is 20.0 Å². The summed E-state index contributed by atoms with van der Waals surface area (Å²) in [6, 6.07) is 16.1. The predicted molar refractivity (Wildman–Crippen MR) is 119 cm³/mol. The first-order chi connectivity index (χ1) is 13.8. The Morgan fingerprint density at radius 3 is 2.41 bits per heavy atom. The topological polar surface area (TPSA) is 50.2 Å². The van der Waals surface area contributed by atoms with Gasteiger partial charge in [-0.05, 0) is 67.4 Å². The number of fused-ring (bicyclic) bond motifs is 1. The van der Waals surface area contributed by atoms with Gasteiger partial charge in [0.25, 0.3) is 5.91 Å². The minimum atomic E-state index is 0. The smallest absolute Gasteiger partial charge is 0.274 e. The zero-order valence-corrected chi connectivity index (χ0v) is 17.8. The molecule has 4 heterocycles. The normalized spacial score (nSPS) is 21.3. The van der Waals surface area contributed by atoms with Crippen LogP contribution in [0.1, 0.15) is 23.3 Å². The summed E-state index contributed by atoms with van der Waals surface area (Å²) in [5.74, 6) is 1.48. The SMILES string of the molecule is Cl.O=C(c1cc(-c2cccs2)n(-c2ccccc2)n1)N1CC[C@@H]2CNC[C@@H]2CC1. The maximum Gasteiger partial charge on any atom is 0.274 e. The summed E-state index contributed by atoms with van der Waals surface area (Å²) < 4.78 is 1.90. The van der Waals surface area contributed by atoms with Crippen molar-refractivity contribution in [3.8, 4) is 16.3 Å². The number of carbonyl (C=O) groups excluding carboxylic acids is 1. The number of hydrogen-bond acceptors (Lipinski definition) is 4. The van der Waals surface area contributed by atoms with Gasteiger partial charge in [0.2, 0.25) is 0 Å².